The predicted octanol–water partition coefficient (Wildman–Crippen LogP) is 3.61. The standard InChI is InChI=1S/C17H19NO2S/c1-12-7-6-10-15(13(12)2)18-16-9-5-4-8-14(16)17(19)11-21(3)20/h4-10,18H,11H2,1-3H3. The van der Waals surface area contributed by atoms with E-state index in [1.54, 1.807) is 12.3 Å². The lowest BCUT2D eigenvalue weighted by atomic mass is 10.1. The molecule has 0 bridgehead atoms. The van der Waals surface area contributed by atoms with Gasteiger partial charge in [-0.05, 0) is 43.2 Å². The van der Waals surface area contributed by atoms with Gasteiger partial charge >= 0.3 is 0 Å². The second kappa shape index (κ2) is 6.68. The summed E-state index contributed by atoms with van der Waals surface area (Å²) in [5.41, 5.74) is 4.65. The molecule has 110 valence electrons. The van der Waals surface area contributed by atoms with Gasteiger partial charge in [-0.2, -0.15) is 0 Å². The third kappa shape index (κ3) is 3.79. The fraction of sp³-hybridized carbons (Fsp3) is 0.235. The van der Waals surface area contributed by atoms with Crippen molar-refractivity contribution in [1.29, 1.82) is 0 Å². The summed E-state index contributed by atoms with van der Waals surface area (Å²) in [5, 5.41) is 3.32. The maximum atomic E-state index is 12.2. The number of benzene rings is 2. The van der Waals surface area contributed by atoms with Crippen LogP contribution in [-0.4, -0.2) is 22.0 Å². The summed E-state index contributed by atoms with van der Waals surface area (Å²) in [5.74, 6) is -0.0601. The molecule has 0 aliphatic heterocycles. The van der Waals surface area contributed by atoms with Gasteiger partial charge in [-0.25, -0.2) is 0 Å². The Balaban J connectivity index is 2.34. The Labute approximate surface area is 127 Å². The van der Waals surface area contributed by atoms with Crippen molar-refractivity contribution in [2.75, 3.05) is 17.3 Å². The van der Waals surface area contributed by atoms with E-state index in [9.17, 15) is 9.00 Å². The van der Waals surface area contributed by atoms with E-state index in [-0.39, 0.29) is 11.5 Å². The minimum atomic E-state index is -1.14. The topological polar surface area (TPSA) is 46.2 Å². The Morgan fingerprint density at radius 2 is 1.71 bits per heavy atom. The first-order valence-corrected chi connectivity index (χ1v) is 8.47. The largest absolute Gasteiger partial charge is 0.355 e. The molecule has 2 aromatic rings. The van der Waals surface area contributed by atoms with Crippen LogP contribution in [0.25, 0.3) is 0 Å². The lowest BCUT2D eigenvalue weighted by Gasteiger charge is -2.14. The highest BCUT2D eigenvalue weighted by Crippen LogP contribution is 2.25. The Morgan fingerprint density at radius 1 is 1.05 bits per heavy atom. The lowest BCUT2D eigenvalue weighted by Crippen LogP contribution is -2.12. The van der Waals surface area contributed by atoms with Gasteiger partial charge in [-0.15, -0.1) is 0 Å². The van der Waals surface area contributed by atoms with Crippen LogP contribution in [0.5, 0.6) is 0 Å². The normalized spacial score (nSPS) is 12.0. The smallest absolute Gasteiger partial charge is 0.177 e. The van der Waals surface area contributed by atoms with Crippen molar-refractivity contribution in [1.82, 2.24) is 0 Å². The van der Waals surface area contributed by atoms with Gasteiger partial charge in [-0.3, -0.25) is 9.00 Å². The van der Waals surface area contributed by atoms with Crippen LogP contribution in [0, 0.1) is 13.8 Å². The molecular formula is C17H19NO2S. The van der Waals surface area contributed by atoms with Crippen molar-refractivity contribution < 1.29 is 9.00 Å². The molecule has 0 amide bonds. The first kappa shape index (κ1) is 15.4. The summed E-state index contributed by atoms with van der Waals surface area (Å²) in [6, 6.07) is 13.4. The number of nitrogens with one attached hydrogen (secondary N) is 1. The number of hydrogen-bond donors (Lipinski definition) is 1. The molecule has 21 heavy (non-hydrogen) atoms. The molecule has 2 rings (SSSR count). The molecule has 0 saturated carbocycles. The average molecular weight is 301 g/mol. The van der Waals surface area contributed by atoms with E-state index < -0.39 is 10.8 Å². The lowest BCUT2D eigenvalue weighted by molar-refractivity contribution is 0.102. The van der Waals surface area contributed by atoms with Crippen LogP contribution in [0.1, 0.15) is 21.5 Å². The molecule has 0 aliphatic carbocycles. The zero-order chi connectivity index (χ0) is 15.4. The first-order valence-electron chi connectivity index (χ1n) is 6.74. The fourth-order valence-corrected chi connectivity index (χ4v) is 2.65. The molecule has 4 heteroatoms. The zero-order valence-corrected chi connectivity index (χ0v) is 13.3. The highest BCUT2D eigenvalue weighted by Gasteiger charge is 2.13. The molecule has 0 radical (unpaired) electrons. The third-order valence-electron chi connectivity index (χ3n) is 3.44. The Hall–Kier alpha value is -1.94. The molecule has 1 N–H and O–H groups in total. The number of Topliss-reactive ketones (excluding diaryl/α,β-unsaturated/α-hetero) is 1. The van der Waals surface area contributed by atoms with Gasteiger partial charge in [0.05, 0.1) is 5.75 Å². The summed E-state index contributed by atoms with van der Waals surface area (Å²) in [7, 11) is -1.14. The zero-order valence-electron chi connectivity index (χ0n) is 12.5. The molecule has 0 spiro atoms. The summed E-state index contributed by atoms with van der Waals surface area (Å²) >= 11 is 0. The van der Waals surface area contributed by atoms with E-state index in [4.69, 9.17) is 0 Å². The van der Waals surface area contributed by atoms with Gasteiger partial charge < -0.3 is 5.32 Å². The van der Waals surface area contributed by atoms with E-state index >= 15 is 0 Å². The molecular weight excluding hydrogens is 282 g/mol. The monoisotopic (exact) mass is 301 g/mol. The van der Waals surface area contributed by atoms with Crippen LogP contribution in [0.4, 0.5) is 11.4 Å². The number of hydrogen-bond acceptors (Lipinski definition) is 3. The van der Waals surface area contributed by atoms with Gasteiger partial charge in [0.25, 0.3) is 0 Å². The SMILES string of the molecule is Cc1cccc(Nc2ccccc2C(=O)CS(C)=O)c1C. The number of carbonyl (C=O) groups is 1. The van der Waals surface area contributed by atoms with E-state index in [2.05, 4.69) is 18.3 Å². The number of aryl methyl sites for hydroxylation is 1. The summed E-state index contributed by atoms with van der Waals surface area (Å²) in [6.45, 7) is 4.10. The number of para-hydroxylation sites is 1. The number of anilines is 2. The van der Waals surface area contributed by atoms with Crippen LogP contribution in [0.3, 0.4) is 0 Å². The molecule has 0 aliphatic rings. The van der Waals surface area contributed by atoms with Crippen LogP contribution < -0.4 is 5.32 Å². The van der Waals surface area contributed by atoms with E-state index in [0.717, 1.165) is 16.9 Å². The van der Waals surface area contributed by atoms with Crippen molar-refractivity contribution in [2.24, 2.45) is 0 Å². The Bertz CT molecular complexity index is 695. The highest BCUT2D eigenvalue weighted by atomic mass is 32.2. The Morgan fingerprint density at radius 3 is 2.43 bits per heavy atom. The number of ketones is 1. The van der Waals surface area contributed by atoms with Crippen LogP contribution >= 0.6 is 0 Å². The quantitative estimate of drug-likeness (QED) is 0.858. The maximum Gasteiger partial charge on any atom is 0.177 e. The summed E-state index contributed by atoms with van der Waals surface area (Å²) in [6.07, 6.45) is 1.54. The summed E-state index contributed by atoms with van der Waals surface area (Å²) < 4.78 is 11.3. The average Bonchev–Trinajstić information content (AvgIpc) is 2.43. The maximum absolute atomic E-state index is 12.2. The fourth-order valence-electron chi connectivity index (χ4n) is 2.13. The highest BCUT2D eigenvalue weighted by molar-refractivity contribution is 7.85. The molecule has 0 fully saturated rings. The molecule has 0 aromatic heterocycles. The van der Waals surface area contributed by atoms with Gasteiger partial charge in [0.15, 0.2) is 5.78 Å². The van der Waals surface area contributed by atoms with Gasteiger partial charge in [-0.1, -0.05) is 24.3 Å². The van der Waals surface area contributed by atoms with Gasteiger partial charge in [0.1, 0.15) is 0 Å². The molecule has 3 nitrogen and oxygen atoms in total. The van der Waals surface area contributed by atoms with Gasteiger partial charge in [0.2, 0.25) is 0 Å². The second-order valence-electron chi connectivity index (χ2n) is 5.06. The van der Waals surface area contributed by atoms with E-state index in [1.807, 2.05) is 37.3 Å². The minimum absolute atomic E-state index is 0.0471. The second-order valence-corrected chi connectivity index (χ2v) is 6.49. The van der Waals surface area contributed by atoms with Crippen molar-refractivity contribution in [3.8, 4) is 0 Å². The van der Waals surface area contributed by atoms with Crippen LogP contribution in [0.15, 0.2) is 42.5 Å². The number of carbonyl (C=O) groups excluding carboxylic acids is 1. The third-order valence-corrected chi connectivity index (χ3v) is 4.10. The first-order chi connectivity index (χ1) is 9.99. The van der Waals surface area contributed by atoms with Crippen LogP contribution in [0.2, 0.25) is 0 Å². The predicted molar refractivity (Wildman–Crippen MR) is 88.9 cm³/mol. The summed E-state index contributed by atoms with van der Waals surface area (Å²) in [4.78, 5) is 12.2. The van der Waals surface area contributed by atoms with E-state index in [0.29, 0.717) is 5.56 Å². The molecule has 2 aromatic carbocycles. The molecule has 1 atom stereocenters. The van der Waals surface area contributed by atoms with Crippen molar-refractivity contribution >= 4 is 28.0 Å². The van der Waals surface area contributed by atoms with Gasteiger partial charge in [0, 0.05) is 34.0 Å². The minimum Gasteiger partial charge on any atom is -0.355 e. The van der Waals surface area contributed by atoms with Crippen LogP contribution in [-0.2, 0) is 10.8 Å². The molecule has 0 saturated heterocycles. The Kier molecular flexibility index (Phi) is 4.91. The van der Waals surface area contributed by atoms with Crippen molar-refractivity contribution in [3.63, 3.8) is 0 Å². The molecule has 1 unspecified atom stereocenters. The molecule has 0 heterocycles. The van der Waals surface area contributed by atoms with Crippen molar-refractivity contribution in [3.05, 3.63) is 59.2 Å². The van der Waals surface area contributed by atoms with Crippen molar-refractivity contribution in [2.45, 2.75) is 13.8 Å². The number of rotatable bonds is 5. The van der Waals surface area contributed by atoms with E-state index in [1.165, 1.54) is 5.56 Å².